The Hall–Kier alpha value is -1.53. The van der Waals surface area contributed by atoms with Gasteiger partial charge in [-0.05, 0) is 18.2 Å². The van der Waals surface area contributed by atoms with Crippen molar-refractivity contribution in [3.63, 3.8) is 0 Å². The van der Waals surface area contributed by atoms with Crippen LogP contribution in [0.5, 0.6) is 5.75 Å². The van der Waals surface area contributed by atoms with Crippen LogP contribution in [0.25, 0.3) is 6.08 Å². The van der Waals surface area contributed by atoms with E-state index in [4.69, 9.17) is 21.6 Å². The molecule has 0 bridgehead atoms. The van der Waals surface area contributed by atoms with Crippen LogP contribution in [0.2, 0.25) is 5.02 Å². The topological polar surface area (TPSA) is 33.0 Å². The average molecular weight is 210 g/mol. The molecular weight excluding hydrogens is 205 g/mol. The highest BCUT2D eigenvalue weighted by Crippen LogP contribution is 2.31. The highest BCUT2D eigenvalue weighted by atomic mass is 35.5. The lowest BCUT2D eigenvalue weighted by Gasteiger charge is -2.15. The first-order valence-electron chi connectivity index (χ1n) is 3.93. The zero-order valence-electron chi connectivity index (χ0n) is 7.05. The van der Waals surface area contributed by atoms with Crippen molar-refractivity contribution >= 4 is 17.7 Å². The molecule has 0 saturated heterocycles. The summed E-state index contributed by atoms with van der Waals surface area (Å²) in [7, 11) is 0. The maximum Gasteiger partial charge on any atom is 0.167 e. The van der Waals surface area contributed by atoms with Crippen LogP contribution in [0, 0.1) is 17.1 Å². The van der Waals surface area contributed by atoms with Gasteiger partial charge in [-0.25, -0.2) is 4.39 Å². The molecule has 0 aliphatic carbocycles. The van der Waals surface area contributed by atoms with Crippen molar-refractivity contribution < 1.29 is 9.13 Å². The number of nitrogens with zero attached hydrogens (tertiary/aromatic N) is 1. The minimum absolute atomic E-state index is 0.113. The first kappa shape index (κ1) is 9.04. The van der Waals surface area contributed by atoms with Crippen molar-refractivity contribution in [2.75, 3.05) is 6.61 Å². The fourth-order valence-electron chi connectivity index (χ4n) is 1.28. The predicted molar refractivity (Wildman–Crippen MR) is 50.5 cm³/mol. The van der Waals surface area contributed by atoms with E-state index in [9.17, 15) is 4.39 Å². The van der Waals surface area contributed by atoms with E-state index >= 15 is 0 Å². The van der Waals surface area contributed by atoms with Gasteiger partial charge in [0.25, 0.3) is 0 Å². The van der Waals surface area contributed by atoms with Crippen LogP contribution in [0.4, 0.5) is 4.39 Å². The minimum atomic E-state index is -0.499. The number of halogens is 2. The van der Waals surface area contributed by atoms with E-state index in [1.165, 1.54) is 6.07 Å². The maximum absolute atomic E-state index is 13.2. The SMILES string of the molecule is N#CC1=Cc2cc(Cl)cc(F)c2OC1. The molecule has 1 aromatic rings. The van der Waals surface area contributed by atoms with Gasteiger partial charge in [0, 0.05) is 10.6 Å². The summed E-state index contributed by atoms with van der Waals surface area (Å²) < 4.78 is 18.3. The number of fused-ring (bicyclic) bond motifs is 1. The molecule has 0 fully saturated rings. The molecule has 0 spiro atoms. The molecule has 1 aromatic carbocycles. The Morgan fingerprint density at radius 1 is 1.50 bits per heavy atom. The van der Waals surface area contributed by atoms with Crippen molar-refractivity contribution in [3.05, 3.63) is 34.1 Å². The van der Waals surface area contributed by atoms with Gasteiger partial charge in [0.05, 0.1) is 11.6 Å². The summed E-state index contributed by atoms with van der Waals surface area (Å²) in [6.45, 7) is 0.113. The molecule has 0 unspecified atom stereocenters. The normalized spacial score (nSPS) is 13.6. The first-order chi connectivity index (χ1) is 6.70. The summed E-state index contributed by atoms with van der Waals surface area (Å²) in [5, 5.41) is 8.92. The number of ether oxygens (including phenoxy) is 1. The number of hydrogen-bond donors (Lipinski definition) is 0. The van der Waals surface area contributed by atoms with Gasteiger partial charge in [0.1, 0.15) is 6.61 Å². The minimum Gasteiger partial charge on any atom is -0.484 e. The largest absolute Gasteiger partial charge is 0.484 e. The number of nitriles is 1. The second kappa shape index (κ2) is 3.32. The van der Waals surface area contributed by atoms with Gasteiger partial charge in [-0.15, -0.1) is 0 Å². The Balaban J connectivity index is 2.59. The zero-order chi connectivity index (χ0) is 10.1. The molecule has 2 rings (SSSR count). The number of rotatable bonds is 0. The van der Waals surface area contributed by atoms with Gasteiger partial charge in [0.2, 0.25) is 0 Å². The molecule has 2 nitrogen and oxygen atoms in total. The molecule has 0 N–H and O–H groups in total. The standard InChI is InChI=1S/C10H5ClFNO/c11-8-2-7-1-6(4-13)5-14-10(7)9(12)3-8/h1-3H,5H2. The van der Waals surface area contributed by atoms with E-state index in [0.29, 0.717) is 16.2 Å². The lowest BCUT2D eigenvalue weighted by molar-refractivity contribution is 0.331. The summed E-state index contributed by atoms with van der Waals surface area (Å²) in [5.41, 5.74) is 0.969. The number of benzene rings is 1. The second-order valence-electron chi connectivity index (χ2n) is 2.88. The van der Waals surface area contributed by atoms with Crippen LogP contribution in [-0.2, 0) is 0 Å². The van der Waals surface area contributed by atoms with E-state index in [0.717, 1.165) is 0 Å². The molecule has 0 saturated carbocycles. The predicted octanol–water partition coefficient (Wildman–Crippen LogP) is 2.78. The van der Waals surface area contributed by atoms with Crippen molar-refractivity contribution in [2.24, 2.45) is 0 Å². The third kappa shape index (κ3) is 1.45. The van der Waals surface area contributed by atoms with Crippen molar-refractivity contribution in [3.8, 4) is 11.8 Å². The van der Waals surface area contributed by atoms with E-state index < -0.39 is 5.82 Å². The van der Waals surface area contributed by atoms with Gasteiger partial charge in [0.15, 0.2) is 11.6 Å². The van der Waals surface area contributed by atoms with Crippen LogP contribution >= 0.6 is 11.6 Å². The van der Waals surface area contributed by atoms with Crippen LogP contribution in [0.3, 0.4) is 0 Å². The van der Waals surface area contributed by atoms with Gasteiger partial charge in [-0.1, -0.05) is 11.6 Å². The Morgan fingerprint density at radius 3 is 3.00 bits per heavy atom. The second-order valence-corrected chi connectivity index (χ2v) is 3.31. The van der Waals surface area contributed by atoms with E-state index in [-0.39, 0.29) is 12.4 Å². The molecule has 1 aliphatic rings. The molecule has 4 heteroatoms. The highest BCUT2D eigenvalue weighted by Gasteiger charge is 2.16. The Morgan fingerprint density at radius 2 is 2.29 bits per heavy atom. The first-order valence-corrected chi connectivity index (χ1v) is 4.31. The molecule has 1 heterocycles. The summed E-state index contributed by atoms with van der Waals surface area (Å²) in [6, 6.07) is 4.71. The fraction of sp³-hybridized carbons (Fsp3) is 0.100. The van der Waals surface area contributed by atoms with Gasteiger partial charge < -0.3 is 4.74 Å². The van der Waals surface area contributed by atoms with Crippen molar-refractivity contribution in [1.29, 1.82) is 5.26 Å². The Kier molecular flexibility index (Phi) is 2.14. The lowest BCUT2D eigenvalue weighted by Crippen LogP contribution is -2.07. The quantitative estimate of drug-likeness (QED) is 0.658. The van der Waals surface area contributed by atoms with E-state index in [1.807, 2.05) is 6.07 Å². The average Bonchev–Trinajstić information content (AvgIpc) is 2.16. The van der Waals surface area contributed by atoms with E-state index in [2.05, 4.69) is 0 Å². The van der Waals surface area contributed by atoms with Crippen LogP contribution < -0.4 is 4.74 Å². The Labute approximate surface area is 85.2 Å². The molecule has 0 aromatic heterocycles. The van der Waals surface area contributed by atoms with Crippen LogP contribution in [0.1, 0.15) is 5.56 Å². The summed E-state index contributed by atoms with van der Waals surface area (Å²) >= 11 is 5.67. The smallest absolute Gasteiger partial charge is 0.167 e. The van der Waals surface area contributed by atoms with Crippen LogP contribution in [0.15, 0.2) is 17.7 Å². The molecule has 70 valence electrons. The summed E-state index contributed by atoms with van der Waals surface area (Å²) in [6.07, 6.45) is 1.58. The third-order valence-electron chi connectivity index (χ3n) is 1.88. The molecule has 1 aliphatic heterocycles. The summed E-state index contributed by atoms with van der Waals surface area (Å²) in [5.74, 6) is -0.339. The molecule has 14 heavy (non-hydrogen) atoms. The molecule has 0 amide bonds. The van der Waals surface area contributed by atoms with Gasteiger partial charge >= 0.3 is 0 Å². The lowest BCUT2D eigenvalue weighted by atomic mass is 10.1. The van der Waals surface area contributed by atoms with Gasteiger partial charge in [-0.3, -0.25) is 0 Å². The van der Waals surface area contributed by atoms with Crippen LogP contribution in [-0.4, -0.2) is 6.61 Å². The third-order valence-corrected chi connectivity index (χ3v) is 2.10. The maximum atomic E-state index is 13.2. The molecule has 0 radical (unpaired) electrons. The highest BCUT2D eigenvalue weighted by molar-refractivity contribution is 6.30. The fourth-order valence-corrected chi connectivity index (χ4v) is 1.50. The molecular formula is C10H5ClFNO. The Bertz CT molecular complexity index is 462. The van der Waals surface area contributed by atoms with Crippen molar-refractivity contribution in [2.45, 2.75) is 0 Å². The number of hydrogen-bond acceptors (Lipinski definition) is 2. The summed E-state index contributed by atoms with van der Waals surface area (Å²) in [4.78, 5) is 0. The van der Waals surface area contributed by atoms with Crippen molar-refractivity contribution in [1.82, 2.24) is 0 Å². The monoisotopic (exact) mass is 209 g/mol. The molecule has 0 atom stereocenters. The van der Waals surface area contributed by atoms with E-state index in [1.54, 1.807) is 12.1 Å². The zero-order valence-corrected chi connectivity index (χ0v) is 7.81. The van der Waals surface area contributed by atoms with Gasteiger partial charge in [-0.2, -0.15) is 5.26 Å².